The lowest BCUT2D eigenvalue weighted by Crippen LogP contribution is -2.27. The first-order chi connectivity index (χ1) is 10.9. The highest BCUT2D eigenvalue weighted by molar-refractivity contribution is 9.10. The number of hydrogen-bond donors (Lipinski definition) is 0. The summed E-state index contributed by atoms with van der Waals surface area (Å²) >= 11 is 3.13. The summed E-state index contributed by atoms with van der Waals surface area (Å²) in [4.78, 5) is 12.3. The second kappa shape index (κ2) is 6.23. The van der Waals surface area contributed by atoms with E-state index in [9.17, 15) is 22.4 Å². The Morgan fingerprint density at radius 3 is 2.33 bits per heavy atom. The molecule has 0 spiro atoms. The van der Waals surface area contributed by atoms with Gasteiger partial charge in [-0.05, 0) is 61.0 Å². The van der Waals surface area contributed by atoms with E-state index in [4.69, 9.17) is 4.74 Å². The van der Waals surface area contributed by atoms with Gasteiger partial charge >= 0.3 is 12.3 Å². The minimum atomic E-state index is -4.77. The van der Waals surface area contributed by atoms with Crippen molar-refractivity contribution in [2.45, 2.75) is 32.5 Å². The Hall–Kier alpha value is -1.83. The second-order valence-electron chi connectivity index (χ2n) is 6.08. The number of hydrogen-bond acceptors (Lipinski definition) is 2. The first kappa shape index (κ1) is 18.5. The highest BCUT2D eigenvalue weighted by atomic mass is 79.9. The maximum absolute atomic E-state index is 13.3. The zero-order valence-corrected chi connectivity index (χ0v) is 14.6. The number of aromatic nitrogens is 1. The van der Waals surface area contributed by atoms with E-state index in [1.54, 1.807) is 20.8 Å². The van der Waals surface area contributed by atoms with Crippen LogP contribution in [0, 0.1) is 5.82 Å². The summed E-state index contributed by atoms with van der Waals surface area (Å²) in [5.74, 6) is -1.01. The Kier molecular flexibility index (Phi) is 4.81. The molecule has 8 heteroatoms. The van der Waals surface area contributed by atoms with Gasteiger partial charge in [0.05, 0.1) is 11.3 Å². The van der Waals surface area contributed by atoms with Gasteiger partial charge in [0.2, 0.25) is 0 Å². The average Bonchev–Trinajstić information content (AvgIpc) is 2.78. The van der Waals surface area contributed by atoms with Gasteiger partial charge in [-0.15, -0.1) is 0 Å². The van der Waals surface area contributed by atoms with Crippen molar-refractivity contribution in [1.82, 2.24) is 4.57 Å². The minimum absolute atomic E-state index is 0.0524. The smallest absolute Gasteiger partial charge is 0.419 e. The molecule has 24 heavy (non-hydrogen) atoms. The molecule has 130 valence electrons. The van der Waals surface area contributed by atoms with Gasteiger partial charge in [-0.2, -0.15) is 13.2 Å². The molecule has 0 aliphatic carbocycles. The number of rotatable bonds is 1. The maximum Gasteiger partial charge on any atom is 0.419 e. The van der Waals surface area contributed by atoms with Gasteiger partial charge in [0.1, 0.15) is 11.4 Å². The molecule has 0 N–H and O–H groups in total. The van der Waals surface area contributed by atoms with Crippen LogP contribution in [-0.2, 0) is 10.9 Å². The first-order valence-electron chi connectivity index (χ1n) is 6.87. The van der Waals surface area contributed by atoms with Gasteiger partial charge < -0.3 is 4.74 Å². The van der Waals surface area contributed by atoms with Crippen LogP contribution in [0.25, 0.3) is 11.3 Å². The van der Waals surface area contributed by atoms with Gasteiger partial charge in [0.15, 0.2) is 0 Å². The Balaban J connectivity index is 2.61. The van der Waals surface area contributed by atoms with Crippen LogP contribution >= 0.6 is 15.9 Å². The first-order valence-corrected chi connectivity index (χ1v) is 7.66. The van der Waals surface area contributed by atoms with Crippen LogP contribution < -0.4 is 0 Å². The molecule has 0 saturated heterocycles. The van der Waals surface area contributed by atoms with Gasteiger partial charge in [0.25, 0.3) is 0 Å². The SMILES string of the molecule is CC(C)(C)OC(=O)n1cc(Br)cc1-c1ccc(F)cc1C(F)(F)F. The Morgan fingerprint density at radius 2 is 1.79 bits per heavy atom. The molecule has 0 amide bonds. The van der Waals surface area contributed by atoms with Crippen LogP contribution in [0.4, 0.5) is 22.4 Å². The van der Waals surface area contributed by atoms with Crippen LogP contribution in [0.3, 0.4) is 0 Å². The molecule has 3 nitrogen and oxygen atoms in total. The van der Waals surface area contributed by atoms with E-state index in [0.717, 1.165) is 16.7 Å². The standard InChI is InChI=1S/C16H14BrF4NO2/c1-15(2,3)24-14(23)22-8-9(17)6-13(22)11-5-4-10(18)7-12(11)16(19,20)21/h4-8H,1-3H3. The van der Waals surface area contributed by atoms with Crippen LogP contribution in [-0.4, -0.2) is 16.3 Å². The van der Waals surface area contributed by atoms with Gasteiger partial charge in [-0.3, -0.25) is 4.57 Å². The number of nitrogens with zero attached hydrogens (tertiary/aromatic N) is 1. The van der Waals surface area contributed by atoms with Crippen molar-refractivity contribution in [3.05, 3.63) is 46.3 Å². The van der Waals surface area contributed by atoms with Crippen molar-refractivity contribution in [2.75, 3.05) is 0 Å². The molecule has 0 bridgehead atoms. The highest BCUT2D eigenvalue weighted by Crippen LogP contribution is 2.38. The summed E-state index contributed by atoms with van der Waals surface area (Å²) in [6.45, 7) is 4.92. The Morgan fingerprint density at radius 1 is 1.17 bits per heavy atom. The average molecular weight is 408 g/mol. The predicted molar refractivity (Wildman–Crippen MR) is 84.2 cm³/mol. The molecule has 1 aromatic carbocycles. The number of carbonyl (C=O) groups is 1. The number of carbonyl (C=O) groups excluding carboxylic acids is 1. The summed E-state index contributed by atoms with van der Waals surface area (Å²) in [5.41, 5.74) is -2.36. The Labute approximate surface area is 144 Å². The molecule has 0 unspecified atom stereocenters. The normalized spacial score (nSPS) is 12.3. The van der Waals surface area contributed by atoms with Crippen molar-refractivity contribution in [2.24, 2.45) is 0 Å². The van der Waals surface area contributed by atoms with E-state index >= 15 is 0 Å². The maximum atomic E-state index is 13.3. The van der Waals surface area contributed by atoms with Crippen molar-refractivity contribution in [3.63, 3.8) is 0 Å². The quantitative estimate of drug-likeness (QED) is 0.554. The lowest BCUT2D eigenvalue weighted by Gasteiger charge is -2.21. The van der Waals surface area contributed by atoms with E-state index in [1.165, 1.54) is 12.3 Å². The van der Waals surface area contributed by atoms with Crippen molar-refractivity contribution >= 4 is 22.0 Å². The third kappa shape index (κ3) is 4.17. The Bertz CT molecular complexity index is 775. The van der Waals surface area contributed by atoms with Crippen molar-refractivity contribution < 1.29 is 27.1 Å². The highest BCUT2D eigenvalue weighted by Gasteiger charge is 2.35. The number of halogens is 5. The molecule has 0 aliphatic rings. The topological polar surface area (TPSA) is 31.2 Å². The van der Waals surface area contributed by atoms with Gasteiger partial charge in [-0.25, -0.2) is 9.18 Å². The molecule has 0 saturated carbocycles. The van der Waals surface area contributed by atoms with Gasteiger partial charge in [-0.1, -0.05) is 0 Å². The van der Waals surface area contributed by atoms with Gasteiger partial charge in [0, 0.05) is 16.2 Å². The zero-order valence-electron chi connectivity index (χ0n) is 13.0. The van der Waals surface area contributed by atoms with E-state index < -0.39 is 29.3 Å². The fourth-order valence-electron chi connectivity index (χ4n) is 2.07. The number of ether oxygens (including phenoxy) is 1. The third-order valence-electron chi connectivity index (χ3n) is 2.94. The predicted octanol–water partition coefficient (Wildman–Crippen LogP) is 5.86. The summed E-state index contributed by atoms with van der Waals surface area (Å²) in [7, 11) is 0. The lowest BCUT2D eigenvalue weighted by molar-refractivity contribution is -0.137. The largest absolute Gasteiger partial charge is 0.443 e. The number of alkyl halides is 3. The molecule has 1 heterocycles. The van der Waals surface area contributed by atoms with Crippen LogP contribution in [0.5, 0.6) is 0 Å². The van der Waals surface area contributed by atoms with E-state index in [-0.39, 0.29) is 11.3 Å². The molecule has 0 fully saturated rings. The molecule has 0 radical (unpaired) electrons. The fraction of sp³-hybridized carbons (Fsp3) is 0.312. The number of benzene rings is 1. The second-order valence-corrected chi connectivity index (χ2v) is 7.00. The van der Waals surface area contributed by atoms with E-state index in [1.807, 2.05) is 0 Å². The summed E-state index contributed by atoms with van der Waals surface area (Å²) in [6.07, 6.45) is -4.31. The molecule has 0 atom stereocenters. The zero-order chi connectivity index (χ0) is 18.3. The fourth-order valence-corrected chi connectivity index (χ4v) is 2.50. The van der Waals surface area contributed by atoms with E-state index in [0.29, 0.717) is 10.5 Å². The van der Waals surface area contributed by atoms with Crippen LogP contribution in [0.2, 0.25) is 0 Å². The molecular formula is C16H14BrF4NO2. The van der Waals surface area contributed by atoms with Crippen LogP contribution in [0.15, 0.2) is 34.9 Å². The summed E-state index contributed by atoms with van der Waals surface area (Å²) < 4.78 is 59.5. The monoisotopic (exact) mass is 407 g/mol. The minimum Gasteiger partial charge on any atom is -0.443 e. The molecule has 2 aromatic rings. The third-order valence-corrected chi connectivity index (χ3v) is 3.37. The lowest BCUT2D eigenvalue weighted by atomic mass is 10.0. The van der Waals surface area contributed by atoms with Crippen molar-refractivity contribution in [3.8, 4) is 11.3 Å². The molecule has 2 rings (SSSR count). The van der Waals surface area contributed by atoms with Crippen LogP contribution in [0.1, 0.15) is 26.3 Å². The molecular weight excluding hydrogens is 394 g/mol. The molecule has 0 aliphatic heterocycles. The van der Waals surface area contributed by atoms with E-state index in [2.05, 4.69) is 15.9 Å². The molecule has 1 aromatic heterocycles. The summed E-state index contributed by atoms with van der Waals surface area (Å²) in [5, 5.41) is 0. The van der Waals surface area contributed by atoms with Crippen molar-refractivity contribution in [1.29, 1.82) is 0 Å². The summed E-state index contributed by atoms with van der Waals surface area (Å²) in [6, 6.07) is 3.63.